The minimum Gasteiger partial charge on any atom is -0.485 e. The van der Waals surface area contributed by atoms with Gasteiger partial charge in [-0.1, -0.05) is 57.2 Å². The van der Waals surface area contributed by atoms with Crippen LogP contribution in [-0.2, 0) is 35.8 Å². The van der Waals surface area contributed by atoms with Gasteiger partial charge in [0.25, 0.3) is 5.91 Å². The number of carbonyl (C=O) groups is 4. The second kappa shape index (κ2) is 15.8. The van der Waals surface area contributed by atoms with Crippen molar-refractivity contribution in [3.05, 3.63) is 76.9 Å². The van der Waals surface area contributed by atoms with E-state index in [0.717, 1.165) is 5.56 Å². The molecule has 2 aromatic carbocycles. The number of allylic oxidation sites excluding steroid dienone is 1. The third kappa shape index (κ3) is 10.4. The van der Waals surface area contributed by atoms with E-state index in [1.807, 2.05) is 32.9 Å². The summed E-state index contributed by atoms with van der Waals surface area (Å²) in [6, 6.07) is 5.87. The van der Waals surface area contributed by atoms with E-state index in [1.165, 1.54) is 4.90 Å². The highest BCUT2D eigenvalue weighted by Gasteiger charge is 2.34. The van der Waals surface area contributed by atoms with Crippen molar-refractivity contribution < 1.29 is 51.3 Å². The van der Waals surface area contributed by atoms with E-state index in [2.05, 4.69) is 5.32 Å². The van der Waals surface area contributed by atoms with Crippen LogP contribution < -0.4 is 10.1 Å². The van der Waals surface area contributed by atoms with Gasteiger partial charge in [-0.25, -0.2) is 8.78 Å². The lowest BCUT2D eigenvalue weighted by Crippen LogP contribution is -2.51. The molecular formula is C35H42F4N2O7. The number of nitrogens with zero attached hydrogens (tertiary/aromatic N) is 1. The van der Waals surface area contributed by atoms with Gasteiger partial charge in [-0.05, 0) is 43.7 Å². The van der Waals surface area contributed by atoms with Crippen LogP contribution in [0.5, 0.6) is 5.75 Å². The molecule has 0 aliphatic carbocycles. The van der Waals surface area contributed by atoms with Crippen molar-refractivity contribution >= 4 is 23.6 Å². The Morgan fingerprint density at radius 2 is 1.60 bits per heavy atom. The number of ketones is 1. The number of ether oxygens (including phenoxy) is 2. The van der Waals surface area contributed by atoms with Crippen LogP contribution in [0.1, 0.15) is 65.5 Å². The number of carbonyl (C=O) groups excluding carboxylic acids is 4. The van der Waals surface area contributed by atoms with Crippen LogP contribution in [0, 0.1) is 29.2 Å². The first-order valence-corrected chi connectivity index (χ1v) is 15.5. The molecule has 1 heterocycles. The van der Waals surface area contributed by atoms with Crippen molar-refractivity contribution in [1.82, 2.24) is 10.2 Å². The second-order valence-corrected chi connectivity index (χ2v) is 13.7. The van der Waals surface area contributed by atoms with E-state index < -0.39 is 89.3 Å². The molecule has 2 amide bonds. The molecule has 9 nitrogen and oxygen atoms in total. The molecule has 2 unspecified atom stereocenters. The minimum atomic E-state index is -1.83. The number of aliphatic hydroxyl groups excluding tert-OH is 1. The molecule has 3 rings (SSSR count). The summed E-state index contributed by atoms with van der Waals surface area (Å²) in [7, 11) is 0. The Balaban J connectivity index is 1.76. The number of rotatable bonds is 11. The summed E-state index contributed by atoms with van der Waals surface area (Å²) in [5.74, 6) is -12.5. The molecule has 0 saturated carbocycles. The summed E-state index contributed by atoms with van der Waals surface area (Å²) in [5, 5.41) is 13.4. The van der Waals surface area contributed by atoms with Gasteiger partial charge in [0, 0.05) is 25.6 Å². The number of esters is 1. The molecule has 48 heavy (non-hydrogen) atoms. The zero-order valence-electron chi connectivity index (χ0n) is 27.9. The molecule has 1 aliphatic rings. The number of hydrogen-bond donors (Lipinski definition) is 2. The van der Waals surface area contributed by atoms with Gasteiger partial charge in [-0.2, -0.15) is 8.78 Å². The molecule has 2 N–H and O–H groups in total. The van der Waals surface area contributed by atoms with Crippen molar-refractivity contribution in [1.29, 1.82) is 0 Å². The average Bonchev–Trinajstić information content (AvgIpc) is 3.24. The fourth-order valence-electron chi connectivity index (χ4n) is 5.17. The standard InChI is InChI=1S/C35H42F4N2O7/c1-34(2,3)22-13-8-7-11-20(22)15-26(42)33(46)41-14-10-9-12-21(18-41)32(45)40-25(17-28(44)48-35(4,5)6)27(43)19-47-31-29(38)23(36)16-24(37)30(31)39/h7-11,13,16,21,25,27,43H,12,14-15,17-19H2,1-6H3,(H,40,45)/t21?,25-,27?/m0/s1. The zero-order chi connectivity index (χ0) is 36.0. The van der Waals surface area contributed by atoms with E-state index in [0.29, 0.717) is 5.56 Å². The van der Waals surface area contributed by atoms with Crippen LogP contribution in [0.2, 0.25) is 0 Å². The van der Waals surface area contributed by atoms with Crippen LogP contribution in [0.25, 0.3) is 0 Å². The topological polar surface area (TPSA) is 122 Å². The van der Waals surface area contributed by atoms with Gasteiger partial charge in [-0.15, -0.1) is 0 Å². The molecule has 0 bridgehead atoms. The second-order valence-electron chi connectivity index (χ2n) is 13.7. The summed E-state index contributed by atoms with van der Waals surface area (Å²) >= 11 is 0. The SMILES string of the molecule is CC(C)(C)OC(=O)C[C@H](NC(=O)C1CC=CCN(C(=O)C(=O)Cc2ccccc2C(C)(C)C)C1)C(O)COc1c(F)c(F)cc(F)c1F. The third-order valence-corrected chi connectivity index (χ3v) is 7.50. The lowest BCUT2D eigenvalue weighted by molar-refractivity contribution is -0.156. The number of amides is 2. The maximum Gasteiger partial charge on any atom is 0.308 e. The molecule has 0 spiro atoms. The number of aliphatic hydroxyl groups is 1. The summed E-state index contributed by atoms with van der Waals surface area (Å²) in [5.41, 5.74) is 0.428. The van der Waals surface area contributed by atoms with Crippen molar-refractivity contribution in [2.24, 2.45) is 5.92 Å². The summed E-state index contributed by atoms with van der Waals surface area (Å²) in [6.07, 6.45) is 0.862. The Labute approximate surface area is 277 Å². The van der Waals surface area contributed by atoms with Crippen molar-refractivity contribution in [3.63, 3.8) is 0 Å². The maximum atomic E-state index is 14.1. The lowest BCUT2D eigenvalue weighted by Gasteiger charge is -2.29. The molecule has 0 saturated heterocycles. The predicted octanol–water partition coefficient (Wildman–Crippen LogP) is 4.71. The molecule has 13 heteroatoms. The Morgan fingerprint density at radius 1 is 0.979 bits per heavy atom. The van der Waals surface area contributed by atoms with Crippen molar-refractivity contribution in [2.75, 3.05) is 19.7 Å². The van der Waals surface area contributed by atoms with Gasteiger partial charge in [0.15, 0.2) is 17.4 Å². The molecule has 0 aromatic heterocycles. The Hall–Kier alpha value is -4.26. The van der Waals surface area contributed by atoms with Crippen LogP contribution >= 0.6 is 0 Å². The lowest BCUT2D eigenvalue weighted by atomic mass is 9.82. The molecule has 2 aromatic rings. The van der Waals surface area contributed by atoms with Gasteiger partial charge in [-0.3, -0.25) is 19.2 Å². The molecule has 262 valence electrons. The van der Waals surface area contributed by atoms with E-state index >= 15 is 0 Å². The summed E-state index contributed by atoms with van der Waals surface area (Å²) in [6.45, 7) is 9.68. The van der Waals surface area contributed by atoms with Gasteiger partial charge < -0.3 is 24.8 Å². The van der Waals surface area contributed by atoms with E-state index in [-0.39, 0.29) is 37.4 Å². The quantitative estimate of drug-likeness (QED) is 0.116. The number of Topliss-reactive ketones (excluding diaryl/α,β-unsaturated/α-hetero) is 1. The fraction of sp³-hybridized carbons (Fsp3) is 0.486. The summed E-state index contributed by atoms with van der Waals surface area (Å²) < 4.78 is 65.8. The van der Waals surface area contributed by atoms with Gasteiger partial charge in [0.05, 0.1) is 18.4 Å². The van der Waals surface area contributed by atoms with E-state index in [1.54, 1.807) is 45.1 Å². The van der Waals surface area contributed by atoms with Crippen molar-refractivity contribution in [2.45, 2.75) is 84.0 Å². The third-order valence-electron chi connectivity index (χ3n) is 7.50. The molecule has 3 atom stereocenters. The number of benzene rings is 2. The zero-order valence-corrected chi connectivity index (χ0v) is 27.9. The number of nitrogens with one attached hydrogen (secondary N) is 1. The summed E-state index contributed by atoms with van der Waals surface area (Å²) in [4.78, 5) is 53.8. The smallest absolute Gasteiger partial charge is 0.308 e. The van der Waals surface area contributed by atoms with Gasteiger partial charge in [0.2, 0.25) is 23.3 Å². The van der Waals surface area contributed by atoms with Crippen LogP contribution in [0.15, 0.2) is 42.5 Å². The van der Waals surface area contributed by atoms with Crippen LogP contribution in [0.4, 0.5) is 17.6 Å². The first-order chi connectivity index (χ1) is 22.3. The fourth-order valence-corrected chi connectivity index (χ4v) is 5.17. The highest BCUT2D eigenvalue weighted by Crippen LogP contribution is 2.28. The highest BCUT2D eigenvalue weighted by atomic mass is 19.2. The highest BCUT2D eigenvalue weighted by molar-refractivity contribution is 6.36. The van der Waals surface area contributed by atoms with Crippen LogP contribution in [0.3, 0.4) is 0 Å². The van der Waals surface area contributed by atoms with E-state index in [4.69, 9.17) is 9.47 Å². The molecule has 0 radical (unpaired) electrons. The first-order valence-electron chi connectivity index (χ1n) is 15.5. The average molecular weight is 679 g/mol. The Kier molecular flexibility index (Phi) is 12.5. The van der Waals surface area contributed by atoms with Crippen molar-refractivity contribution in [3.8, 4) is 5.75 Å². The monoisotopic (exact) mass is 678 g/mol. The Morgan fingerprint density at radius 3 is 2.21 bits per heavy atom. The predicted molar refractivity (Wildman–Crippen MR) is 168 cm³/mol. The largest absolute Gasteiger partial charge is 0.485 e. The maximum absolute atomic E-state index is 14.1. The molecular weight excluding hydrogens is 636 g/mol. The van der Waals surface area contributed by atoms with Crippen LogP contribution in [-0.4, -0.2) is 71.0 Å². The molecule has 0 fully saturated rings. The van der Waals surface area contributed by atoms with E-state index in [9.17, 15) is 41.8 Å². The number of hydrogen-bond acceptors (Lipinski definition) is 7. The minimum absolute atomic E-state index is 0.00687. The first kappa shape index (κ1) is 38.2. The normalized spacial score (nSPS) is 16.5. The van der Waals surface area contributed by atoms with Gasteiger partial charge >= 0.3 is 5.97 Å². The van der Waals surface area contributed by atoms with Gasteiger partial charge in [0.1, 0.15) is 18.3 Å². The number of halogens is 4. The Bertz CT molecular complexity index is 1520. The molecule has 1 aliphatic heterocycles.